The minimum atomic E-state index is -0.352. The lowest BCUT2D eigenvalue weighted by atomic mass is 10.0. The van der Waals surface area contributed by atoms with E-state index in [0.717, 1.165) is 28.5 Å². The molecule has 1 amide bonds. The third kappa shape index (κ3) is 4.13. The van der Waals surface area contributed by atoms with Crippen molar-refractivity contribution in [2.24, 2.45) is 0 Å². The molecule has 1 aromatic heterocycles. The minimum Gasteiger partial charge on any atom is -0.322 e. The van der Waals surface area contributed by atoms with E-state index >= 15 is 0 Å². The normalized spacial score (nSPS) is 10.9. The van der Waals surface area contributed by atoms with Gasteiger partial charge in [-0.1, -0.05) is 36.7 Å². The second kappa shape index (κ2) is 8.02. The molecule has 0 aliphatic heterocycles. The third-order valence-electron chi connectivity index (χ3n) is 4.77. The topological polar surface area (TPSA) is 42.0 Å². The van der Waals surface area contributed by atoms with Crippen molar-refractivity contribution in [2.45, 2.75) is 13.3 Å². The highest BCUT2D eigenvalue weighted by Gasteiger charge is 2.15. The van der Waals surface area contributed by atoms with Crippen LogP contribution in [0.1, 0.15) is 22.8 Å². The van der Waals surface area contributed by atoms with Crippen LogP contribution in [0.2, 0.25) is 5.02 Å². The summed E-state index contributed by atoms with van der Waals surface area (Å²) in [6.07, 6.45) is 0.855. The quantitative estimate of drug-likeness (QED) is 0.421. The fraction of sp³-hybridized carbons (Fsp3) is 0.0833. The van der Waals surface area contributed by atoms with Crippen LogP contribution in [-0.2, 0) is 6.42 Å². The summed E-state index contributed by atoms with van der Waals surface area (Å²) in [7, 11) is 0. The van der Waals surface area contributed by atoms with Crippen molar-refractivity contribution >= 4 is 34.1 Å². The van der Waals surface area contributed by atoms with E-state index in [4.69, 9.17) is 16.6 Å². The van der Waals surface area contributed by atoms with Crippen LogP contribution < -0.4 is 5.32 Å². The number of carbonyl (C=O) groups excluding carboxylic acids is 1. The van der Waals surface area contributed by atoms with Gasteiger partial charge in [0.25, 0.3) is 5.91 Å². The highest BCUT2D eigenvalue weighted by molar-refractivity contribution is 6.30. The third-order valence-corrected chi connectivity index (χ3v) is 5.02. The maximum Gasteiger partial charge on any atom is 0.256 e. The van der Waals surface area contributed by atoms with E-state index in [9.17, 15) is 9.18 Å². The van der Waals surface area contributed by atoms with Crippen LogP contribution >= 0.6 is 11.6 Å². The van der Waals surface area contributed by atoms with Crippen molar-refractivity contribution in [2.75, 3.05) is 5.32 Å². The number of anilines is 1. The number of hydrogen-bond acceptors (Lipinski definition) is 2. The first kappa shape index (κ1) is 19.1. The number of nitrogens with one attached hydrogen (secondary N) is 1. The smallest absolute Gasteiger partial charge is 0.256 e. The molecule has 0 saturated heterocycles. The molecule has 0 spiro atoms. The summed E-state index contributed by atoms with van der Waals surface area (Å²) in [5, 5.41) is 4.26. The molecule has 0 bridgehead atoms. The molecule has 144 valence electrons. The maximum absolute atomic E-state index is 13.2. The van der Waals surface area contributed by atoms with Crippen LogP contribution in [-0.4, -0.2) is 10.9 Å². The van der Waals surface area contributed by atoms with Crippen molar-refractivity contribution < 1.29 is 9.18 Å². The van der Waals surface area contributed by atoms with E-state index in [-0.39, 0.29) is 11.7 Å². The van der Waals surface area contributed by atoms with E-state index in [1.807, 2.05) is 30.3 Å². The van der Waals surface area contributed by atoms with E-state index in [1.54, 1.807) is 18.2 Å². The van der Waals surface area contributed by atoms with Crippen LogP contribution in [0, 0.1) is 5.82 Å². The van der Waals surface area contributed by atoms with Gasteiger partial charge in [0.1, 0.15) is 5.82 Å². The van der Waals surface area contributed by atoms with Crippen LogP contribution in [0.5, 0.6) is 0 Å². The standard InChI is InChI=1S/C24H18ClFN2O/c1-2-15-3-12-22-20(13-15)21(24(29)27-19-10-8-18(26)9-11-19)14-23(28-22)16-4-6-17(25)7-5-16/h3-14H,2H2,1H3,(H,27,29). The highest BCUT2D eigenvalue weighted by Crippen LogP contribution is 2.27. The lowest BCUT2D eigenvalue weighted by molar-refractivity contribution is 0.102. The molecular weight excluding hydrogens is 387 g/mol. The molecule has 4 aromatic rings. The van der Waals surface area contributed by atoms with Gasteiger partial charge in [-0.25, -0.2) is 9.37 Å². The summed E-state index contributed by atoms with van der Waals surface area (Å²) >= 11 is 6.00. The van der Waals surface area contributed by atoms with Gasteiger partial charge in [0.15, 0.2) is 0 Å². The van der Waals surface area contributed by atoms with Gasteiger partial charge in [0.05, 0.1) is 16.8 Å². The van der Waals surface area contributed by atoms with Crippen molar-refractivity contribution in [3.05, 3.63) is 94.8 Å². The zero-order valence-corrected chi connectivity index (χ0v) is 16.5. The number of benzene rings is 3. The summed E-state index contributed by atoms with van der Waals surface area (Å²) in [5.74, 6) is -0.623. The number of hydrogen-bond donors (Lipinski definition) is 1. The molecule has 0 unspecified atom stereocenters. The van der Waals surface area contributed by atoms with Crippen molar-refractivity contribution in [3.63, 3.8) is 0 Å². The number of fused-ring (bicyclic) bond motifs is 1. The number of halogens is 2. The summed E-state index contributed by atoms with van der Waals surface area (Å²) in [4.78, 5) is 17.8. The molecule has 3 nitrogen and oxygen atoms in total. The molecule has 0 atom stereocenters. The Hall–Kier alpha value is -3.24. The summed E-state index contributed by atoms with van der Waals surface area (Å²) in [6, 6.07) is 20.8. The minimum absolute atomic E-state index is 0.271. The first-order chi connectivity index (χ1) is 14.0. The Morgan fingerprint density at radius 1 is 1.00 bits per heavy atom. The number of nitrogens with zero attached hydrogens (tertiary/aromatic N) is 1. The molecule has 1 N–H and O–H groups in total. The van der Waals surface area contributed by atoms with Crippen LogP contribution in [0.3, 0.4) is 0 Å². The summed E-state index contributed by atoms with van der Waals surface area (Å²) in [5.41, 5.74) is 4.45. The van der Waals surface area contributed by atoms with Gasteiger partial charge in [-0.05, 0) is 66.6 Å². The number of carbonyl (C=O) groups is 1. The molecule has 29 heavy (non-hydrogen) atoms. The molecule has 4 rings (SSSR count). The van der Waals surface area contributed by atoms with E-state index < -0.39 is 0 Å². The Balaban J connectivity index is 1.83. The molecule has 0 saturated carbocycles. The van der Waals surface area contributed by atoms with Crippen LogP contribution in [0.25, 0.3) is 22.2 Å². The lowest BCUT2D eigenvalue weighted by Gasteiger charge is -2.12. The number of aryl methyl sites for hydroxylation is 1. The first-order valence-corrected chi connectivity index (χ1v) is 9.68. The molecule has 1 heterocycles. The number of rotatable bonds is 4. The summed E-state index contributed by atoms with van der Waals surface area (Å²) in [6.45, 7) is 2.06. The van der Waals surface area contributed by atoms with Crippen LogP contribution in [0.4, 0.5) is 10.1 Å². The number of pyridine rings is 1. The van der Waals surface area contributed by atoms with Gasteiger partial charge in [-0.15, -0.1) is 0 Å². The van der Waals surface area contributed by atoms with Gasteiger partial charge in [0.2, 0.25) is 0 Å². The Morgan fingerprint density at radius 2 is 1.72 bits per heavy atom. The molecule has 3 aromatic carbocycles. The van der Waals surface area contributed by atoms with E-state index in [1.165, 1.54) is 24.3 Å². The Bertz CT molecular complexity index is 1190. The SMILES string of the molecule is CCc1ccc2nc(-c3ccc(Cl)cc3)cc(C(=O)Nc3ccc(F)cc3)c2c1. The molecule has 0 aliphatic rings. The molecule has 0 radical (unpaired) electrons. The first-order valence-electron chi connectivity index (χ1n) is 9.30. The van der Waals surface area contributed by atoms with Gasteiger partial charge >= 0.3 is 0 Å². The molecule has 5 heteroatoms. The zero-order chi connectivity index (χ0) is 20.4. The zero-order valence-electron chi connectivity index (χ0n) is 15.7. The predicted octanol–water partition coefficient (Wildman–Crippen LogP) is 6.51. The summed E-state index contributed by atoms with van der Waals surface area (Å²) < 4.78 is 13.2. The van der Waals surface area contributed by atoms with Gasteiger partial charge in [-0.2, -0.15) is 0 Å². The second-order valence-corrected chi connectivity index (χ2v) is 7.16. The van der Waals surface area contributed by atoms with E-state index in [0.29, 0.717) is 22.0 Å². The molecule has 0 aliphatic carbocycles. The fourth-order valence-electron chi connectivity index (χ4n) is 3.18. The van der Waals surface area contributed by atoms with Gasteiger partial charge in [0, 0.05) is 21.7 Å². The van der Waals surface area contributed by atoms with Gasteiger partial charge in [-0.3, -0.25) is 4.79 Å². The van der Waals surface area contributed by atoms with Crippen molar-refractivity contribution in [3.8, 4) is 11.3 Å². The largest absolute Gasteiger partial charge is 0.322 e. The highest BCUT2D eigenvalue weighted by atomic mass is 35.5. The van der Waals surface area contributed by atoms with Crippen molar-refractivity contribution in [1.29, 1.82) is 0 Å². The van der Waals surface area contributed by atoms with Crippen LogP contribution in [0.15, 0.2) is 72.8 Å². The Morgan fingerprint density at radius 3 is 2.41 bits per heavy atom. The predicted molar refractivity (Wildman–Crippen MR) is 116 cm³/mol. The van der Waals surface area contributed by atoms with Crippen molar-refractivity contribution in [1.82, 2.24) is 4.98 Å². The Labute approximate surface area is 173 Å². The monoisotopic (exact) mass is 404 g/mol. The molecular formula is C24H18ClFN2O. The molecule has 0 fully saturated rings. The average molecular weight is 405 g/mol. The lowest BCUT2D eigenvalue weighted by Crippen LogP contribution is -2.13. The maximum atomic E-state index is 13.2. The second-order valence-electron chi connectivity index (χ2n) is 6.73. The number of aromatic nitrogens is 1. The fourth-order valence-corrected chi connectivity index (χ4v) is 3.31. The van der Waals surface area contributed by atoms with Gasteiger partial charge < -0.3 is 5.32 Å². The number of amides is 1. The Kier molecular flexibility index (Phi) is 5.28. The average Bonchev–Trinajstić information content (AvgIpc) is 2.74. The van der Waals surface area contributed by atoms with E-state index in [2.05, 4.69) is 12.2 Å².